The molecule has 0 aliphatic heterocycles. The van der Waals surface area contributed by atoms with Crippen molar-refractivity contribution in [3.05, 3.63) is 0 Å². The van der Waals surface area contributed by atoms with Gasteiger partial charge >= 0.3 is 0 Å². The van der Waals surface area contributed by atoms with E-state index in [9.17, 15) is 8.42 Å². The largest absolute Gasteiger partial charge is 0.370 e. The summed E-state index contributed by atoms with van der Waals surface area (Å²) in [4.78, 5) is 4.03. The molecule has 0 unspecified atom stereocenters. The maximum absolute atomic E-state index is 11.5. The molecule has 0 aromatic rings. The second kappa shape index (κ2) is 6.20. The van der Waals surface area contributed by atoms with Crippen molar-refractivity contribution in [2.24, 2.45) is 10.7 Å². The van der Waals surface area contributed by atoms with Gasteiger partial charge in [-0.1, -0.05) is 12.8 Å². The highest BCUT2D eigenvalue weighted by Gasteiger charge is 2.15. The lowest BCUT2D eigenvalue weighted by Gasteiger charge is -2.13. The van der Waals surface area contributed by atoms with Crippen LogP contribution in [0.15, 0.2) is 4.99 Å². The summed E-state index contributed by atoms with van der Waals surface area (Å²) in [6.45, 7) is 0.200. The lowest BCUT2D eigenvalue weighted by Crippen LogP contribution is -2.39. The molecule has 1 aliphatic rings. The van der Waals surface area contributed by atoms with Gasteiger partial charge in [0.2, 0.25) is 10.0 Å². The van der Waals surface area contributed by atoms with Gasteiger partial charge in [0.1, 0.15) is 0 Å². The van der Waals surface area contributed by atoms with E-state index in [1.54, 1.807) is 0 Å². The highest BCUT2D eigenvalue weighted by molar-refractivity contribution is 7.89. The Morgan fingerprint density at radius 1 is 1.41 bits per heavy atom. The summed E-state index contributed by atoms with van der Waals surface area (Å²) in [5.74, 6) is 0.346. The number of nitrogens with zero attached hydrogens (tertiary/aromatic N) is 2. The molecular formula is C10H22N4O2S. The van der Waals surface area contributed by atoms with E-state index in [2.05, 4.69) is 10.3 Å². The van der Waals surface area contributed by atoms with Crippen LogP contribution in [-0.2, 0) is 10.0 Å². The molecule has 0 amide bonds. The number of rotatable bonds is 5. The summed E-state index contributed by atoms with van der Waals surface area (Å²) >= 11 is 0. The molecule has 17 heavy (non-hydrogen) atoms. The van der Waals surface area contributed by atoms with Gasteiger partial charge in [0.15, 0.2) is 5.96 Å². The van der Waals surface area contributed by atoms with Crippen LogP contribution < -0.4 is 11.1 Å². The molecular weight excluding hydrogens is 240 g/mol. The topological polar surface area (TPSA) is 87.8 Å². The average Bonchev–Trinajstić information content (AvgIpc) is 2.69. The third kappa shape index (κ3) is 4.91. The molecule has 1 saturated carbocycles. The summed E-state index contributed by atoms with van der Waals surface area (Å²) in [5.41, 5.74) is 5.69. The van der Waals surface area contributed by atoms with Gasteiger partial charge in [-0.05, 0) is 12.8 Å². The van der Waals surface area contributed by atoms with E-state index in [-0.39, 0.29) is 12.3 Å². The van der Waals surface area contributed by atoms with Gasteiger partial charge in [0, 0.05) is 20.1 Å². The molecule has 0 bridgehead atoms. The fourth-order valence-electron chi connectivity index (χ4n) is 1.79. The lowest BCUT2D eigenvalue weighted by molar-refractivity contribution is 0.521. The molecule has 1 aliphatic carbocycles. The SMILES string of the molecule is CN(C)S(=O)(=O)CCN=C(N)NC1CCCC1. The Morgan fingerprint density at radius 2 is 2.00 bits per heavy atom. The second-order valence-electron chi connectivity index (χ2n) is 4.49. The molecule has 7 heteroatoms. The van der Waals surface area contributed by atoms with E-state index in [0.717, 1.165) is 12.8 Å². The Kier molecular flexibility index (Phi) is 5.20. The van der Waals surface area contributed by atoms with Crippen molar-refractivity contribution >= 4 is 16.0 Å². The molecule has 0 aromatic carbocycles. The molecule has 0 radical (unpaired) electrons. The van der Waals surface area contributed by atoms with Gasteiger partial charge in [-0.25, -0.2) is 12.7 Å². The minimum atomic E-state index is -3.18. The molecule has 0 atom stereocenters. The number of hydrogen-bond donors (Lipinski definition) is 2. The Morgan fingerprint density at radius 3 is 2.53 bits per heavy atom. The minimum absolute atomic E-state index is 0.00690. The molecule has 0 saturated heterocycles. The van der Waals surface area contributed by atoms with E-state index < -0.39 is 10.0 Å². The first-order valence-corrected chi connectivity index (χ1v) is 7.49. The van der Waals surface area contributed by atoms with E-state index in [4.69, 9.17) is 5.73 Å². The van der Waals surface area contributed by atoms with Crippen LogP contribution in [0.2, 0.25) is 0 Å². The van der Waals surface area contributed by atoms with Crippen molar-refractivity contribution in [1.82, 2.24) is 9.62 Å². The van der Waals surface area contributed by atoms with Gasteiger partial charge < -0.3 is 11.1 Å². The number of nitrogens with two attached hydrogens (primary N) is 1. The second-order valence-corrected chi connectivity index (χ2v) is 6.79. The Hall–Kier alpha value is -0.820. The van der Waals surface area contributed by atoms with E-state index >= 15 is 0 Å². The Labute approximate surface area is 103 Å². The normalized spacial score (nSPS) is 18.9. The molecule has 0 heterocycles. The summed E-state index contributed by atoms with van der Waals surface area (Å²) in [7, 11) is -0.152. The molecule has 0 aromatic heterocycles. The van der Waals surface area contributed by atoms with Crippen LogP contribution in [0.1, 0.15) is 25.7 Å². The average molecular weight is 262 g/mol. The molecule has 1 fully saturated rings. The third-order valence-electron chi connectivity index (χ3n) is 2.89. The van der Waals surface area contributed by atoms with Gasteiger partial charge in [0.05, 0.1) is 12.3 Å². The first-order chi connectivity index (χ1) is 7.92. The number of aliphatic imine (C=N–C) groups is 1. The first kappa shape index (κ1) is 14.2. The highest BCUT2D eigenvalue weighted by atomic mass is 32.2. The fourth-order valence-corrected chi connectivity index (χ4v) is 2.48. The summed E-state index contributed by atoms with van der Waals surface area (Å²) in [5, 5.41) is 3.11. The lowest BCUT2D eigenvalue weighted by atomic mass is 10.3. The summed E-state index contributed by atoms with van der Waals surface area (Å²) < 4.78 is 24.1. The van der Waals surface area contributed by atoms with Crippen LogP contribution in [0, 0.1) is 0 Å². The zero-order valence-electron chi connectivity index (χ0n) is 10.5. The minimum Gasteiger partial charge on any atom is -0.370 e. The van der Waals surface area contributed by atoms with Crippen molar-refractivity contribution in [2.75, 3.05) is 26.4 Å². The maximum atomic E-state index is 11.5. The third-order valence-corrected chi connectivity index (χ3v) is 4.71. The number of nitrogens with one attached hydrogen (secondary N) is 1. The van der Waals surface area contributed by atoms with Gasteiger partial charge in [-0.2, -0.15) is 0 Å². The van der Waals surface area contributed by atoms with Crippen LogP contribution in [0.4, 0.5) is 0 Å². The zero-order chi connectivity index (χ0) is 12.9. The molecule has 3 N–H and O–H groups in total. The predicted octanol–water partition coefficient (Wildman–Crippen LogP) is -0.275. The first-order valence-electron chi connectivity index (χ1n) is 5.88. The number of sulfonamides is 1. The van der Waals surface area contributed by atoms with E-state index in [1.807, 2.05) is 0 Å². The summed E-state index contributed by atoms with van der Waals surface area (Å²) in [6.07, 6.45) is 4.68. The molecule has 100 valence electrons. The van der Waals surface area contributed by atoms with Crippen LogP contribution in [0.5, 0.6) is 0 Å². The van der Waals surface area contributed by atoms with E-state index in [1.165, 1.54) is 31.2 Å². The molecule has 0 spiro atoms. The van der Waals surface area contributed by atoms with E-state index in [0.29, 0.717) is 12.0 Å². The van der Waals surface area contributed by atoms with Crippen molar-refractivity contribution in [1.29, 1.82) is 0 Å². The van der Waals surface area contributed by atoms with Gasteiger partial charge in [-0.15, -0.1) is 0 Å². The highest BCUT2D eigenvalue weighted by Crippen LogP contribution is 2.17. The number of guanidine groups is 1. The van der Waals surface area contributed by atoms with Crippen molar-refractivity contribution in [3.8, 4) is 0 Å². The van der Waals surface area contributed by atoms with Crippen LogP contribution in [0.25, 0.3) is 0 Å². The monoisotopic (exact) mass is 262 g/mol. The Bertz CT molecular complexity index is 359. The van der Waals surface area contributed by atoms with Gasteiger partial charge in [0.25, 0.3) is 0 Å². The zero-order valence-corrected chi connectivity index (χ0v) is 11.3. The summed E-state index contributed by atoms with van der Waals surface area (Å²) in [6, 6.07) is 0.407. The quantitative estimate of drug-likeness (QED) is 0.527. The maximum Gasteiger partial charge on any atom is 0.215 e. The van der Waals surface area contributed by atoms with Crippen LogP contribution in [0.3, 0.4) is 0 Å². The number of hydrogen-bond acceptors (Lipinski definition) is 3. The smallest absolute Gasteiger partial charge is 0.215 e. The molecule has 6 nitrogen and oxygen atoms in total. The van der Waals surface area contributed by atoms with Crippen LogP contribution in [-0.4, -0.2) is 51.1 Å². The van der Waals surface area contributed by atoms with Crippen molar-refractivity contribution in [3.63, 3.8) is 0 Å². The standard InChI is InChI=1S/C10H22N4O2S/c1-14(2)17(15,16)8-7-12-10(11)13-9-5-3-4-6-9/h9H,3-8H2,1-2H3,(H3,11,12,13). The van der Waals surface area contributed by atoms with Crippen LogP contribution >= 0.6 is 0 Å². The predicted molar refractivity (Wildman–Crippen MR) is 69.4 cm³/mol. The van der Waals surface area contributed by atoms with Gasteiger partial charge in [-0.3, -0.25) is 4.99 Å². The Balaban J connectivity index is 2.32. The van der Waals surface area contributed by atoms with Crippen molar-refractivity contribution < 1.29 is 8.42 Å². The fraction of sp³-hybridized carbons (Fsp3) is 0.900. The van der Waals surface area contributed by atoms with Crippen molar-refractivity contribution in [2.45, 2.75) is 31.7 Å². The molecule has 1 rings (SSSR count).